The molecule has 2 aromatic rings. The fraction of sp³-hybridized carbons (Fsp3) is 0.318. The average molecular weight is 447 g/mol. The smallest absolute Gasteiger partial charge is 0.328 e. The van der Waals surface area contributed by atoms with Crippen molar-refractivity contribution >= 4 is 29.4 Å². The van der Waals surface area contributed by atoms with Crippen molar-refractivity contribution in [3.05, 3.63) is 59.3 Å². The van der Waals surface area contributed by atoms with E-state index in [1.54, 1.807) is 6.07 Å². The normalized spacial score (nSPS) is 21.9. The Balaban J connectivity index is 0.000000293. The Morgan fingerprint density at radius 3 is 2.13 bits per heavy atom. The summed E-state index contributed by atoms with van der Waals surface area (Å²) >= 11 is 5.90. The Bertz CT molecular complexity index is 945. The van der Waals surface area contributed by atoms with Crippen molar-refractivity contribution in [2.75, 3.05) is 19.6 Å². The number of hydrogen-bond acceptors (Lipinski definition) is 5. The van der Waals surface area contributed by atoms with Gasteiger partial charge in [0, 0.05) is 35.3 Å². The molecule has 2 bridgehead atoms. The van der Waals surface area contributed by atoms with Crippen molar-refractivity contribution in [2.24, 2.45) is 5.92 Å². The molecule has 31 heavy (non-hydrogen) atoms. The molecular formula is C22H23ClN2O6. The Labute approximate surface area is 184 Å². The number of carboxylic acids is 2. The van der Waals surface area contributed by atoms with E-state index >= 15 is 0 Å². The monoisotopic (exact) mass is 446 g/mol. The van der Waals surface area contributed by atoms with Crippen LogP contribution in [0.3, 0.4) is 0 Å². The molecule has 1 amide bonds. The highest BCUT2D eigenvalue weighted by atomic mass is 35.5. The van der Waals surface area contributed by atoms with Crippen molar-refractivity contribution < 1.29 is 29.0 Å². The zero-order valence-electron chi connectivity index (χ0n) is 16.7. The first-order valence-corrected chi connectivity index (χ1v) is 10.2. The molecule has 164 valence electrons. The number of nitrogens with one attached hydrogen (secondary N) is 1. The SMILES string of the molecule is O=C(N[C@H]1CN2CCC1CC2)c1ccc(-c2ccc(Cl)cc2)o1.O=C(O)C=CC(=O)O. The van der Waals surface area contributed by atoms with Crippen LogP contribution >= 0.6 is 11.6 Å². The third kappa shape index (κ3) is 6.44. The topological polar surface area (TPSA) is 120 Å². The van der Waals surface area contributed by atoms with Gasteiger partial charge in [-0.2, -0.15) is 0 Å². The molecule has 8 nitrogen and oxygen atoms in total. The Morgan fingerprint density at radius 2 is 1.61 bits per heavy atom. The number of piperidine rings is 3. The van der Waals surface area contributed by atoms with Gasteiger partial charge < -0.3 is 24.8 Å². The third-order valence-corrected chi connectivity index (χ3v) is 5.55. The van der Waals surface area contributed by atoms with Crippen molar-refractivity contribution in [3.8, 4) is 11.3 Å². The van der Waals surface area contributed by atoms with Crippen LogP contribution in [0.1, 0.15) is 23.4 Å². The van der Waals surface area contributed by atoms with Crippen LogP contribution in [0.25, 0.3) is 11.3 Å². The van der Waals surface area contributed by atoms with Gasteiger partial charge in [0.1, 0.15) is 5.76 Å². The van der Waals surface area contributed by atoms with E-state index in [1.165, 1.54) is 25.9 Å². The second-order valence-electron chi connectivity index (χ2n) is 7.40. The number of rotatable bonds is 5. The minimum Gasteiger partial charge on any atom is -0.478 e. The number of carbonyl (C=O) groups excluding carboxylic acids is 1. The van der Waals surface area contributed by atoms with Gasteiger partial charge in [0.15, 0.2) is 5.76 Å². The molecule has 1 aromatic heterocycles. The summed E-state index contributed by atoms with van der Waals surface area (Å²) in [5, 5.41) is 19.5. The summed E-state index contributed by atoms with van der Waals surface area (Å²) in [4.78, 5) is 34.0. The standard InChI is InChI=1S/C18H19ClN2O2.C4H4O4/c19-14-3-1-13(2-4-14)16-5-6-17(23-16)18(22)20-15-11-21-9-7-12(15)8-10-21;5-3(6)1-2-4(7)8/h1-6,12,15H,7-11H2,(H,20,22);1-2H,(H,5,6)(H,7,8)/t15-;/m0./s1. The van der Waals surface area contributed by atoms with E-state index < -0.39 is 11.9 Å². The van der Waals surface area contributed by atoms with Gasteiger partial charge in [0.25, 0.3) is 5.91 Å². The number of furan rings is 1. The third-order valence-electron chi connectivity index (χ3n) is 5.30. The van der Waals surface area contributed by atoms with Gasteiger partial charge in [-0.25, -0.2) is 9.59 Å². The molecule has 3 aliphatic rings. The number of amides is 1. The summed E-state index contributed by atoms with van der Waals surface area (Å²) in [5.74, 6) is -0.981. The molecule has 0 spiro atoms. The predicted molar refractivity (Wildman–Crippen MR) is 114 cm³/mol. The molecule has 3 saturated heterocycles. The lowest BCUT2D eigenvalue weighted by atomic mass is 9.84. The van der Waals surface area contributed by atoms with Crippen LogP contribution in [-0.2, 0) is 9.59 Å². The Hall–Kier alpha value is -3.10. The highest BCUT2D eigenvalue weighted by molar-refractivity contribution is 6.30. The van der Waals surface area contributed by atoms with Crippen LogP contribution in [0.15, 0.2) is 53.0 Å². The summed E-state index contributed by atoms with van der Waals surface area (Å²) in [5.41, 5.74) is 0.913. The number of nitrogens with zero attached hydrogens (tertiary/aromatic N) is 1. The van der Waals surface area contributed by atoms with Crippen LogP contribution < -0.4 is 5.32 Å². The summed E-state index contributed by atoms with van der Waals surface area (Å²) < 4.78 is 5.72. The molecule has 3 N–H and O–H groups in total. The second kappa shape index (κ2) is 10.3. The Morgan fingerprint density at radius 1 is 1.00 bits per heavy atom. The largest absolute Gasteiger partial charge is 0.478 e. The molecule has 3 fully saturated rings. The van der Waals surface area contributed by atoms with E-state index in [-0.39, 0.29) is 11.9 Å². The molecular weight excluding hydrogens is 424 g/mol. The van der Waals surface area contributed by atoms with Crippen molar-refractivity contribution in [1.82, 2.24) is 10.2 Å². The molecule has 0 radical (unpaired) electrons. The van der Waals surface area contributed by atoms with Crippen LogP contribution in [0.4, 0.5) is 0 Å². The number of benzene rings is 1. The maximum atomic E-state index is 12.4. The van der Waals surface area contributed by atoms with E-state index in [0.29, 0.717) is 34.6 Å². The van der Waals surface area contributed by atoms with Crippen molar-refractivity contribution in [1.29, 1.82) is 0 Å². The zero-order valence-corrected chi connectivity index (χ0v) is 17.4. The molecule has 9 heteroatoms. The lowest BCUT2D eigenvalue weighted by Crippen LogP contribution is -2.57. The van der Waals surface area contributed by atoms with Gasteiger partial charge in [-0.05, 0) is 68.2 Å². The summed E-state index contributed by atoms with van der Waals surface area (Å²) in [6.07, 6.45) is 3.48. The average Bonchev–Trinajstić information content (AvgIpc) is 3.25. The van der Waals surface area contributed by atoms with Crippen molar-refractivity contribution in [2.45, 2.75) is 18.9 Å². The molecule has 0 aliphatic carbocycles. The number of aliphatic carboxylic acids is 2. The number of fused-ring (bicyclic) bond motifs is 3. The lowest BCUT2D eigenvalue weighted by Gasteiger charge is -2.44. The number of hydrogen-bond donors (Lipinski definition) is 3. The molecule has 1 atom stereocenters. The lowest BCUT2D eigenvalue weighted by molar-refractivity contribution is -0.134. The van der Waals surface area contributed by atoms with E-state index in [0.717, 1.165) is 12.1 Å². The quantitative estimate of drug-likeness (QED) is 0.603. The minimum atomic E-state index is -1.26. The summed E-state index contributed by atoms with van der Waals surface area (Å²) in [6, 6.07) is 11.2. The van der Waals surface area contributed by atoms with Gasteiger partial charge in [-0.15, -0.1) is 0 Å². The Kier molecular flexibility index (Phi) is 7.49. The van der Waals surface area contributed by atoms with E-state index in [1.807, 2.05) is 30.3 Å². The first-order valence-electron chi connectivity index (χ1n) is 9.84. The maximum Gasteiger partial charge on any atom is 0.328 e. The minimum absolute atomic E-state index is 0.121. The fourth-order valence-electron chi connectivity index (χ4n) is 3.74. The van der Waals surface area contributed by atoms with E-state index in [4.69, 9.17) is 26.2 Å². The highest BCUT2D eigenvalue weighted by Crippen LogP contribution is 2.28. The van der Waals surface area contributed by atoms with Gasteiger partial charge in [-0.3, -0.25) is 4.79 Å². The van der Waals surface area contributed by atoms with Gasteiger partial charge in [-0.1, -0.05) is 11.6 Å². The predicted octanol–water partition coefficient (Wildman–Crippen LogP) is 3.14. The molecule has 3 aliphatic heterocycles. The highest BCUT2D eigenvalue weighted by Gasteiger charge is 2.35. The van der Waals surface area contributed by atoms with Crippen LogP contribution in [0.2, 0.25) is 5.02 Å². The van der Waals surface area contributed by atoms with Gasteiger partial charge >= 0.3 is 11.9 Å². The summed E-state index contributed by atoms with van der Waals surface area (Å²) in [7, 11) is 0. The van der Waals surface area contributed by atoms with Crippen LogP contribution in [0.5, 0.6) is 0 Å². The second-order valence-corrected chi connectivity index (χ2v) is 7.84. The zero-order chi connectivity index (χ0) is 22.4. The fourth-order valence-corrected chi connectivity index (χ4v) is 3.87. The van der Waals surface area contributed by atoms with Gasteiger partial charge in [0.2, 0.25) is 0 Å². The van der Waals surface area contributed by atoms with Crippen LogP contribution in [-0.4, -0.2) is 58.6 Å². The number of carboxylic acid groups (broad SMARTS) is 2. The molecule has 0 unspecified atom stereocenters. The van der Waals surface area contributed by atoms with Crippen molar-refractivity contribution in [3.63, 3.8) is 0 Å². The van der Waals surface area contributed by atoms with E-state index in [9.17, 15) is 14.4 Å². The molecule has 5 rings (SSSR count). The molecule has 1 aromatic carbocycles. The molecule has 4 heterocycles. The molecule has 0 saturated carbocycles. The number of carbonyl (C=O) groups is 3. The van der Waals surface area contributed by atoms with Crippen LogP contribution in [0, 0.1) is 5.92 Å². The first-order chi connectivity index (χ1) is 14.8. The summed E-state index contributed by atoms with van der Waals surface area (Å²) in [6.45, 7) is 3.29. The maximum absolute atomic E-state index is 12.4. The number of halogens is 1. The first kappa shape index (κ1) is 22.6. The van der Waals surface area contributed by atoms with E-state index in [2.05, 4.69) is 10.2 Å². The van der Waals surface area contributed by atoms with Gasteiger partial charge in [0.05, 0.1) is 0 Å².